The van der Waals surface area contributed by atoms with Gasteiger partial charge in [-0.2, -0.15) is 0 Å². The van der Waals surface area contributed by atoms with Crippen molar-refractivity contribution in [1.29, 1.82) is 0 Å². The van der Waals surface area contributed by atoms with Crippen LogP contribution in [0.2, 0.25) is 0 Å². The fourth-order valence-electron chi connectivity index (χ4n) is 2.44. The molecule has 0 unspecified atom stereocenters. The van der Waals surface area contributed by atoms with Crippen molar-refractivity contribution in [1.82, 2.24) is 4.98 Å². The highest BCUT2D eigenvalue weighted by atomic mass is 16.6. The van der Waals surface area contributed by atoms with Crippen molar-refractivity contribution in [2.45, 2.75) is 19.1 Å². The van der Waals surface area contributed by atoms with Crippen LogP contribution in [0.15, 0.2) is 41.3 Å². The molecule has 1 aromatic heterocycles. The van der Waals surface area contributed by atoms with E-state index in [2.05, 4.69) is 4.98 Å². The van der Waals surface area contributed by atoms with Crippen molar-refractivity contribution < 1.29 is 23.5 Å². The maximum Gasteiger partial charge on any atom is 0.303 e. The molecule has 7 heteroatoms. The Morgan fingerprint density at radius 1 is 1.32 bits per heavy atom. The Morgan fingerprint density at radius 3 is 2.59 bits per heavy atom. The lowest BCUT2D eigenvalue weighted by molar-refractivity contribution is -0.161. The van der Waals surface area contributed by atoms with E-state index in [1.54, 1.807) is 31.4 Å². The number of aromatic nitrogens is 1. The standard InChI is InChI=1S/C15H14N2O5/c1-9(18)22-14-13(12-7-21-8-16-12)17(15(14)19)10-3-5-11(20-2)6-4-10/h3-8,13-14H,1-2H3/t13-,14+/m0/s1. The lowest BCUT2D eigenvalue weighted by atomic mass is 9.94. The van der Waals surface area contributed by atoms with E-state index in [9.17, 15) is 9.59 Å². The maximum atomic E-state index is 12.3. The highest BCUT2D eigenvalue weighted by Crippen LogP contribution is 2.40. The monoisotopic (exact) mass is 302 g/mol. The summed E-state index contributed by atoms with van der Waals surface area (Å²) in [5.41, 5.74) is 1.20. The summed E-state index contributed by atoms with van der Waals surface area (Å²) < 4.78 is 15.2. The van der Waals surface area contributed by atoms with Crippen LogP contribution in [0.1, 0.15) is 18.7 Å². The Bertz CT molecular complexity index is 680. The number of carbonyl (C=O) groups excluding carboxylic acids is 2. The van der Waals surface area contributed by atoms with Gasteiger partial charge in [-0.25, -0.2) is 4.98 Å². The first-order valence-corrected chi connectivity index (χ1v) is 6.64. The fourth-order valence-corrected chi connectivity index (χ4v) is 2.44. The molecule has 1 aliphatic heterocycles. The molecule has 1 aromatic carbocycles. The van der Waals surface area contributed by atoms with Gasteiger partial charge in [0.2, 0.25) is 6.10 Å². The normalized spacial score (nSPS) is 20.5. The average molecular weight is 302 g/mol. The zero-order valence-electron chi connectivity index (χ0n) is 12.1. The molecular weight excluding hydrogens is 288 g/mol. The first kappa shape index (κ1) is 14.1. The topological polar surface area (TPSA) is 81.9 Å². The largest absolute Gasteiger partial charge is 0.497 e. The number of hydrogen-bond donors (Lipinski definition) is 0. The van der Waals surface area contributed by atoms with Gasteiger partial charge in [-0.05, 0) is 24.3 Å². The molecule has 0 spiro atoms. The van der Waals surface area contributed by atoms with Gasteiger partial charge in [0, 0.05) is 12.6 Å². The molecule has 0 aliphatic carbocycles. The van der Waals surface area contributed by atoms with Crippen LogP contribution in [0.4, 0.5) is 5.69 Å². The second-order valence-corrected chi connectivity index (χ2v) is 4.79. The molecule has 1 saturated heterocycles. The number of hydrogen-bond acceptors (Lipinski definition) is 6. The van der Waals surface area contributed by atoms with Crippen molar-refractivity contribution in [3.63, 3.8) is 0 Å². The molecule has 1 amide bonds. The number of esters is 1. The minimum Gasteiger partial charge on any atom is -0.497 e. The third-order valence-corrected chi connectivity index (χ3v) is 3.44. The second-order valence-electron chi connectivity index (χ2n) is 4.79. The number of ether oxygens (including phenoxy) is 2. The lowest BCUT2D eigenvalue weighted by Gasteiger charge is -2.44. The second kappa shape index (κ2) is 5.51. The summed E-state index contributed by atoms with van der Waals surface area (Å²) in [7, 11) is 1.57. The Kier molecular flexibility index (Phi) is 3.54. The lowest BCUT2D eigenvalue weighted by Crippen LogP contribution is -2.60. The molecule has 7 nitrogen and oxygen atoms in total. The van der Waals surface area contributed by atoms with Crippen LogP contribution in [-0.2, 0) is 14.3 Å². The number of rotatable bonds is 4. The van der Waals surface area contributed by atoms with Gasteiger partial charge in [0.25, 0.3) is 5.91 Å². The Labute approximate surface area is 126 Å². The van der Waals surface area contributed by atoms with E-state index in [1.807, 2.05) is 0 Å². The van der Waals surface area contributed by atoms with Gasteiger partial charge in [-0.15, -0.1) is 0 Å². The minimum absolute atomic E-state index is 0.298. The molecular formula is C15H14N2O5. The zero-order chi connectivity index (χ0) is 15.7. The van der Waals surface area contributed by atoms with E-state index in [0.29, 0.717) is 17.1 Å². The predicted molar refractivity (Wildman–Crippen MR) is 75.3 cm³/mol. The Hall–Kier alpha value is -2.83. The number of anilines is 1. The van der Waals surface area contributed by atoms with Crippen LogP contribution in [-0.4, -0.2) is 30.1 Å². The quantitative estimate of drug-likeness (QED) is 0.631. The van der Waals surface area contributed by atoms with Crippen molar-refractivity contribution in [3.8, 4) is 5.75 Å². The van der Waals surface area contributed by atoms with Crippen molar-refractivity contribution >= 4 is 17.6 Å². The molecule has 1 fully saturated rings. The number of β-lactam (4-membered cyclic amide) rings is 1. The first-order chi connectivity index (χ1) is 10.6. The predicted octanol–water partition coefficient (Wildman–Crippen LogP) is 1.70. The molecule has 22 heavy (non-hydrogen) atoms. The summed E-state index contributed by atoms with van der Waals surface area (Å²) in [5.74, 6) is -0.124. The molecule has 0 saturated carbocycles. The van der Waals surface area contributed by atoms with Crippen LogP contribution in [0, 0.1) is 0 Å². The van der Waals surface area contributed by atoms with Crippen LogP contribution in [0.25, 0.3) is 0 Å². The number of carbonyl (C=O) groups is 2. The van der Waals surface area contributed by atoms with E-state index in [-0.39, 0.29) is 5.91 Å². The molecule has 0 bridgehead atoms. The van der Waals surface area contributed by atoms with E-state index in [1.165, 1.54) is 24.5 Å². The molecule has 114 valence electrons. The van der Waals surface area contributed by atoms with Gasteiger partial charge in [-0.3, -0.25) is 14.5 Å². The molecule has 2 aromatic rings. The number of benzene rings is 1. The van der Waals surface area contributed by atoms with Gasteiger partial charge in [0.1, 0.15) is 23.7 Å². The van der Waals surface area contributed by atoms with Crippen molar-refractivity contribution in [2.75, 3.05) is 12.0 Å². The van der Waals surface area contributed by atoms with E-state index in [0.717, 1.165) is 0 Å². The average Bonchev–Trinajstić information content (AvgIpc) is 3.03. The van der Waals surface area contributed by atoms with Gasteiger partial charge in [0.05, 0.1) is 7.11 Å². The van der Waals surface area contributed by atoms with Crippen LogP contribution in [0.3, 0.4) is 0 Å². The van der Waals surface area contributed by atoms with Gasteiger partial charge < -0.3 is 13.9 Å². The number of amides is 1. The van der Waals surface area contributed by atoms with Gasteiger partial charge in [-0.1, -0.05) is 0 Å². The van der Waals surface area contributed by atoms with Gasteiger partial charge in [0.15, 0.2) is 6.39 Å². The van der Waals surface area contributed by atoms with Gasteiger partial charge >= 0.3 is 5.97 Å². The summed E-state index contributed by atoms with van der Waals surface area (Å²) >= 11 is 0. The summed E-state index contributed by atoms with van der Waals surface area (Å²) in [4.78, 5) is 29.1. The number of nitrogens with zero attached hydrogens (tertiary/aromatic N) is 2. The summed E-state index contributed by atoms with van der Waals surface area (Å²) in [6, 6.07) is 6.52. The smallest absolute Gasteiger partial charge is 0.303 e. The highest BCUT2D eigenvalue weighted by Gasteiger charge is 2.52. The fraction of sp³-hybridized carbons (Fsp3) is 0.267. The maximum absolute atomic E-state index is 12.3. The van der Waals surface area contributed by atoms with E-state index in [4.69, 9.17) is 13.9 Å². The van der Waals surface area contributed by atoms with Crippen molar-refractivity contribution in [3.05, 3.63) is 42.6 Å². The van der Waals surface area contributed by atoms with Crippen LogP contribution in [0.5, 0.6) is 5.75 Å². The van der Waals surface area contributed by atoms with E-state index >= 15 is 0 Å². The van der Waals surface area contributed by atoms with Crippen molar-refractivity contribution in [2.24, 2.45) is 0 Å². The molecule has 0 radical (unpaired) electrons. The highest BCUT2D eigenvalue weighted by molar-refractivity contribution is 6.05. The summed E-state index contributed by atoms with van der Waals surface area (Å²) in [5, 5.41) is 0. The zero-order valence-corrected chi connectivity index (χ0v) is 12.1. The molecule has 2 heterocycles. The molecule has 3 rings (SSSR count). The molecule has 2 atom stereocenters. The number of oxazole rings is 1. The van der Waals surface area contributed by atoms with E-state index < -0.39 is 18.1 Å². The van der Waals surface area contributed by atoms with Crippen LogP contribution >= 0.6 is 0 Å². The summed E-state index contributed by atoms with van der Waals surface area (Å²) in [6.07, 6.45) is 1.82. The molecule has 1 aliphatic rings. The molecule has 0 N–H and O–H groups in total. The minimum atomic E-state index is -0.885. The summed E-state index contributed by atoms with van der Waals surface area (Å²) in [6.45, 7) is 1.27. The SMILES string of the molecule is COc1ccc(N2C(=O)[C@H](OC(C)=O)[C@@H]2c2cocn2)cc1. The number of methoxy groups -OCH3 is 1. The third kappa shape index (κ3) is 2.30. The Balaban J connectivity index is 1.91. The van der Waals surface area contributed by atoms with Crippen LogP contribution < -0.4 is 9.64 Å². The first-order valence-electron chi connectivity index (χ1n) is 6.64. The third-order valence-electron chi connectivity index (χ3n) is 3.44. The Morgan fingerprint density at radius 2 is 2.05 bits per heavy atom.